The van der Waals surface area contributed by atoms with Gasteiger partial charge in [0.25, 0.3) is 0 Å². The minimum absolute atomic E-state index is 0.853. The maximum Gasteiger partial charge on any atom is 0.161 e. The van der Waals surface area contributed by atoms with Crippen LogP contribution in [0.1, 0.15) is 0 Å². The number of aromatic nitrogens is 5. The van der Waals surface area contributed by atoms with Gasteiger partial charge < -0.3 is 4.98 Å². The first kappa shape index (κ1) is 9.35. The number of hydrogen-bond acceptors (Lipinski definition) is 3. The summed E-state index contributed by atoms with van der Waals surface area (Å²) >= 11 is 0. The molecule has 4 aromatic rings. The van der Waals surface area contributed by atoms with Crippen LogP contribution in [0.15, 0.2) is 49.2 Å². The lowest BCUT2D eigenvalue weighted by Gasteiger charge is -2.04. The SMILES string of the molecule is c1cc(-c2ccnn3ccnc23)c2cc[nH]c2n1. The van der Waals surface area contributed by atoms with Gasteiger partial charge in [-0.3, -0.25) is 0 Å². The van der Waals surface area contributed by atoms with E-state index in [4.69, 9.17) is 0 Å². The van der Waals surface area contributed by atoms with Gasteiger partial charge in [-0.1, -0.05) is 0 Å². The van der Waals surface area contributed by atoms with Gasteiger partial charge in [0.15, 0.2) is 5.65 Å². The van der Waals surface area contributed by atoms with Crippen molar-refractivity contribution in [1.29, 1.82) is 0 Å². The number of rotatable bonds is 1. The quantitative estimate of drug-likeness (QED) is 0.550. The second-order valence-corrected chi connectivity index (χ2v) is 4.04. The maximum absolute atomic E-state index is 4.36. The molecule has 5 heteroatoms. The maximum atomic E-state index is 4.36. The minimum atomic E-state index is 0.853. The van der Waals surface area contributed by atoms with Crippen molar-refractivity contribution in [3.63, 3.8) is 0 Å². The van der Waals surface area contributed by atoms with Crippen LogP contribution in [0.25, 0.3) is 27.8 Å². The number of H-pyrrole nitrogens is 1. The lowest BCUT2D eigenvalue weighted by molar-refractivity contribution is 0.937. The Balaban J connectivity index is 2.13. The van der Waals surface area contributed by atoms with E-state index in [1.165, 1.54) is 0 Å². The number of hydrogen-bond donors (Lipinski definition) is 1. The zero-order valence-corrected chi connectivity index (χ0v) is 9.41. The van der Waals surface area contributed by atoms with Crippen LogP contribution in [0.2, 0.25) is 0 Å². The Hall–Kier alpha value is -2.69. The molecule has 18 heavy (non-hydrogen) atoms. The van der Waals surface area contributed by atoms with E-state index in [2.05, 4.69) is 20.1 Å². The monoisotopic (exact) mass is 235 g/mol. The van der Waals surface area contributed by atoms with Gasteiger partial charge in [-0.2, -0.15) is 5.10 Å². The normalized spacial score (nSPS) is 11.3. The van der Waals surface area contributed by atoms with E-state index in [9.17, 15) is 0 Å². The molecule has 4 rings (SSSR count). The largest absolute Gasteiger partial charge is 0.346 e. The number of fused-ring (bicyclic) bond motifs is 2. The van der Waals surface area contributed by atoms with E-state index < -0.39 is 0 Å². The molecule has 4 heterocycles. The first-order valence-corrected chi connectivity index (χ1v) is 5.64. The van der Waals surface area contributed by atoms with Crippen LogP contribution in [-0.4, -0.2) is 24.6 Å². The molecule has 0 saturated heterocycles. The predicted molar refractivity (Wildman–Crippen MR) is 68.1 cm³/mol. The Bertz CT molecular complexity index is 770. The van der Waals surface area contributed by atoms with Gasteiger partial charge in [0.1, 0.15) is 5.65 Å². The Morgan fingerprint density at radius 3 is 2.89 bits per heavy atom. The van der Waals surface area contributed by atoms with E-state index in [0.29, 0.717) is 0 Å². The molecular weight excluding hydrogens is 226 g/mol. The summed E-state index contributed by atoms with van der Waals surface area (Å²) in [5.41, 5.74) is 3.90. The molecule has 0 aromatic carbocycles. The van der Waals surface area contributed by atoms with Gasteiger partial charge in [-0.15, -0.1) is 0 Å². The Morgan fingerprint density at radius 2 is 1.89 bits per heavy atom. The highest BCUT2D eigenvalue weighted by molar-refractivity contribution is 5.96. The van der Waals surface area contributed by atoms with Crippen LogP contribution < -0.4 is 0 Å². The third-order valence-electron chi connectivity index (χ3n) is 3.05. The van der Waals surface area contributed by atoms with Crippen molar-refractivity contribution < 1.29 is 0 Å². The molecule has 4 aromatic heterocycles. The zero-order valence-electron chi connectivity index (χ0n) is 9.41. The third kappa shape index (κ3) is 1.18. The fourth-order valence-corrected chi connectivity index (χ4v) is 2.24. The minimum Gasteiger partial charge on any atom is -0.346 e. The van der Waals surface area contributed by atoms with E-state index in [1.807, 2.05) is 30.6 Å². The molecule has 5 nitrogen and oxygen atoms in total. The molecule has 0 radical (unpaired) electrons. The fraction of sp³-hybridized carbons (Fsp3) is 0. The predicted octanol–water partition coefficient (Wildman–Crippen LogP) is 2.27. The van der Waals surface area contributed by atoms with Gasteiger partial charge in [-0.25, -0.2) is 14.5 Å². The smallest absolute Gasteiger partial charge is 0.161 e. The summed E-state index contributed by atoms with van der Waals surface area (Å²) in [4.78, 5) is 11.8. The molecule has 0 fully saturated rings. The topological polar surface area (TPSA) is 58.9 Å². The molecule has 0 unspecified atom stereocenters. The molecular formula is C13H9N5. The molecule has 0 saturated carbocycles. The van der Waals surface area contributed by atoms with Crippen molar-refractivity contribution >= 4 is 16.7 Å². The molecule has 0 atom stereocenters. The summed E-state index contributed by atoms with van der Waals surface area (Å²) in [7, 11) is 0. The lowest BCUT2D eigenvalue weighted by atomic mass is 10.1. The van der Waals surface area contributed by atoms with E-state index in [-0.39, 0.29) is 0 Å². The van der Waals surface area contributed by atoms with E-state index in [0.717, 1.165) is 27.8 Å². The highest BCUT2D eigenvalue weighted by atomic mass is 15.2. The molecule has 0 aliphatic rings. The van der Waals surface area contributed by atoms with Gasteiger partial charge in [-0.05, 0) is 23.8 Å². The molecule has 86 valence electrons. The van der Waals surface area contributed by atoms with Crippen molar-refractivity contribution in [2.75, 3.05) is 0 Å². The van der Waals surface area contributed by atoms with Crippen LogP contribution in [0.5, 0.6) is 0 Å². The average molecular weight is 235 g/mol. The summed E-state index contributed by atoms with van der Waals surface area (Å²) in [5.74, 6) is 0. The standard InChI is InChI=1S/C13H9N5/c1-4-14-12-10(2-5-15-12)9(1)11-3-6-17-18-8-7-16-13(11)18/h1-8H,(H,14,15). The summed E-state index contributed by atoms with van der Waals surface area (Å²) in [6, 6.07) is 6.00. The Morgan fingerprint density at radius 1 is 0.944 bits per heavy atom. The van der Waals surface area contributed by atoms with Crippen molar-refractivity contribution in [2.24, 2.45) is 0 Å². The van der Waals surface area contributed by atoms with Crippen molar-refractivity contribution in [3.8, 4) is 11.1 Å². The van der Waals surface area contributed by atoms with Gasteiger partial charge >= 0.3 is 0 Å². The summed E-state index contributed by atoms with van der Waals surface area (Å²) in [6.45, 7) is 0. The van der Waals surface area contributed by atoms with Crippen LogP contribution >= 0.6 is 0 Å². The molecule has 0 spiro atoms. The van der Waals surface area contributed by atoms with Crippen molar-refractivity contribution in [2.45, 2.75) is 0 Å². The summed E-state index contributed by atoms with van der Waals surface area (Å²) < 4.78 is 1.77. The fourth-order valence-electron chi connectivity index (χ4n) is 2.24. The van der Waals surface area contributed by atoms with Crippen molar-refractivity contribution in [3.05, 3.63) is 49.2 Å². The molecule has 1 N–H and O–H groups in total. The summed E-state index contributed by atoms with van der Waals surface area (Å²) in [5, 5.41) is 5.32. The Labute approximate surface area is 102 Å². The lowest BCUT2D eigenvalue weighted by Crippen LogP contribution is -1.92. The van der Waals surface area contributed by atoms with Gasteiger partial charge in [0.2, 0.25) is 0 Å². The highest BCUT2D eigenvalue weighted by Crippen LogP contribution is 2.28. The number of imidazole rings is 1. The van der Waals surface area contributed by atoms with Crippen LogP contribution in [0.3, 0.4) is 0 Å². The van der Waals surface area contributed by atoms with Gasteiger partial charge in [0, 0.05) is 41.9 Å². The van der Waals surface area contributed by atoms with E-state index in [1.54, 1.807) is 23.1 Å². The van der Waals surface area contributed by atoms with Crippen LogP contribution in [0.4, 0.5) is 0 Å². The first-order chi connectivity index (χ1) is 8.93. The average Bonchev–Trinajstić information content (AvgIpc) is 3.06. The second-order valence-electron chi connectivity index (χ2n) is 4.04. The molecule has 0 bridgehead atoms. The van der Waals surface area contributed by atoms with Crippen LogP contribution in [-0.2, 0) is 0 Å². The number of nitrogens with one attached hydrogen (secondary N) is 1. The van der Waals surface area contributed by atoms with E-state index >= 15 is 0 Å². The summed E-state index contributed by atoms with van der Waals surface area (Å²) in [6.07, 6.45) is 9.07. The number of pyridine rings is 1. The van der Waals surface area contributed by atoms with Crippen molar-refractivity contribution in [1.82, 2.24) is 24.6 Å². The number of aromatic amines is 1. The zero-order chi connectivity index (χ0) is 11.9. The second kappa shape index (κ2) is 3.40. The van der Waals surface area contributed by atoms with Crippen LogP contribution in [0, 0.1) is 0 Å². The first-order valence-electron chi connectivity index (χ1n) is 5.64. The molecule has 0 aliphatic carbocycles. The molecule has 0 amide bonds. The van der Waals surface area contributed by atoms with Gasteiger partial charge in [0.05, 0.1) is 0 Å². The third-order valence-corrected chi connectivity index (χ3v) is 3.05. The number of nitrogens with zero attached hydrogens (tertiary/aromatic N) is 4. The highest BCUT2D eigenvalue weighted by Gasteiger charge is 2.09. The Kier molecular flexibility index (Phi) is 1.77. The molecule has 0 aliphatic heterocycles.